The summed E-state index contributed by atoms with van der Waals surface area (Å²) in [4.78, 5) is 25.2. The predicted molar refractivity (Wildman–Crippen MR) is 78.6 cm³/mol. The maximum absolute atomic E-state index is 12.1. The molecule has 0 saturated heterocycles. The van der Waals surface area contributed by atoms with Crippen LogP contribution in [0.2, 0.25) is 0 Å². The fourth-order valence-electron chi connectivity index (χ4n) is 2.22. The molecule has 0 saturated carbocycles. The monoisotopic (exact) mass is 316 g/mol. The maximum Gasteiger partial charge on any atom is 0.262 e. The van der Waals surface area contributed by atoms with Crippen molar-refractivity contribution in [3.63, 3.8) is 0 Å². The second-order valence-electron chi connectivity index (χ2n) is 4.70. The number of carbonyl (C=O) groups is 2. The van der Waals surface area contributed by atoms with E-state index in [0.717, 1.165) is 4.90 Å². The minimum atomic E-state index is -3.78. The Morgan fingerprint density at radius 2 is 1.32 bits per heavy atom. The maximum atomic E-state index is 12.1. The highest BCUT2D eigenvalue weighted by atomic mass is 32.2. The zero-order chi connectivity index (χ0) is 15.7. The standard InChI is InChI=1S/C15H12N2O4S/c18-14-12-8-4-5-9-13(12)15(19)17(14)10-16-22(20,21)11-6-2-1-3-7-11/h1-9,16H,10H2. The van der Waals surface area contributed by atoms with Gasteiger partial charge in [-0.15, -0.1) is 0 Å². The lowest BCUT2D eigenvalue weighted by Gasteiger charge is -2.14. The molecule has 6 nitrogen and oxygen atoms in total. The van der Waals surface area contributed by atoms with Crippen molar-refractivity contribution in [1.29, 1.82) is 0 Å². The first kappa shape index (κ1) is 14.4. The molecule has 2 aromatic rings. The van der Waals surface area contributed by atoms with Crippen molar-refractivity contribution >= 4 is 21.8 Å². The lowest BCUT2D eigenvalue weighted by Crippen LogP contribution is -2.40. The smallest absolute Gasteiger partial charge is 0.262 e. The molecule has 0 aliphatic carbocycles. The summed E-state index contributed by atoms with van der Waals surface area (Å²) in [5, 5.41) is 0. The molecule has 0 fully saturated rings. The van der Waals surface area contributed by atoms with E-state index in [1.165, 1.54) is 12.1 Å². The van der Waals surface area contributed by atoms with Crippen molar-refractivity contribution in [1.82, 2.24) is 9.62 Å². The largest absolute Gasteiger partial charge is 0.269 e. The Balaban J connectivity index is 1.79. The number of hydrogen-bond donors (Lipinski definition) is 1. The number of nitrogens with zero attached hydrogens (tertiary/aromatic N) is 1. The Labute approximate surface area is 127 Å². The van der Waals surface area contributed by atoms with Gasteiger partial charge in [0.15, 0.2) is 0 Å². The highest BCUT2D eigenvalue weighted by Crippen LogP contribution is 2.21. The van der Waals surface area contributed by atoms with Crippen molar-refractivity contribution in [2.45, 2.75) is 4.90 Å². The first-order valence-electron chi connectivity index (χ1n) is 6.50. The summed E-state index contributed by atoms with van der Waals surface area (Å²) < 4.78 is 26.5. The van der Waals surface area contributed by atoms with Crippen LogP contribution < -0.4 is 4.72 Å². The molecule has 0 atom stereocenters. The Kier molecular flexibility index (Phi) is 3.51. The summed E-state index contributed by atoms with van der Waals surface area (Å²) in [6, 6.07) is 14.2. The van der Waals surface area contributed by atoms with Crippen LogP contribution in [0.15, 0.2) is 59.5 Å². The van der Waals surface area contributed by atoms with Crippen LogP contribution in [-0.4, -0.2) is 31.8 Å². The molecule has 0 spiro atoms. The highest BCUT2D eigenvalue weighted by molar-refractivity contribution is 7.89. The van der Waals surface area contributed by atoms with Crippen LogP contribution in [-0.2, 0) is 10.0 Å². The second-order valence-corrected chi connectivity index (χ2v) is 6.47. The topological polar surface area (TPSA) is 83.6 Å². The number of amides is 2. The number of hydrogen-bond acceptors (Lipinski definition) is 4. The molecule has 7 heteroatoms. The van der Waals surface area contributed by atoms with Crippen LogP contribution in [0.5, 0.6) is 0 Å². The lowest BCUT2D eigenvalue weighted by molar-refractivity contribution is 0.0652. The molecule has 0 aromatic heterocycles. The van der Waals surface area contributed by atoms with E-state index in [2.05, 4.69) is 4.72 Å². The van der Waals surface area contributed by atoms with Crippen molar-refractivity contribution in [3.8, 4) is 0 Å². The van der Waals surface area contributed by atoms with E-state index in [4.69, 9.17) is 0 Å². The van der Waals surface area contributed by atoms with Gasteiger partial charge in [-0.05, 0) is 24.3 Å². The van der Waals surface area contributed by atoms with Gasteiger partial charge in [-0.3, -0.25) is 14.5 Å². The fraction of sp³-hybridized carbons (Fsp3) is 0.0667. The van der Waals surface area contributed by atoms with E-state index < -0.39 is 28.5 Å². The molecule has 2 aromatic carbocycles. The van der Waals surface area contributed by atoms with Gasteiger partial charge in [-0.1, -0.05) is 30.3 Å². The molecule has 1 heterocycles. The molecular weight excluding hydrogens is 304 g/mol. The quantitative estimate of drug-likeness (QED) is 0.860. The number of rotatable bonds is 4. The van der Waals surface area contributed by atoms with Crippen LogP contribution >= 0.6 is 0 Å². The van der Waals surface area contributed by atoms with Gasteiger partial charge in [0.2, 0.25) is 10.0 Å². The van der Waals surface area contributed by atoms with Gasteiger partial charge in [-0.25, -0.2) is 8.42 Å². The van der Waals surface area contributed by atoms with Crippen LogP contribution in [0, 0.1) is 0 Å². The number of sulfonamides is 1. The van der Waals surface area contributed by atoms with Gasteiger partial charge < -0.3 is 0 Å². The van der Waals surface area contributed by atoms with Crippen LogP contribution in [0.4, 0.5) is 0 Å². The first-order chi connectivity index (χ1) is 10.5. The Bertz CT molecular complexity index is 812. The van der Waals surface area contributed by atoms with Gasteiger partial charge in [0.1, 0.15) is 0 Å². The Hall–Kier alpha value is -2.51. The molecule has 1 aliphatic rings. The van der Waals surface area contributed by atoms with Gasteiger partial charge in [-0.2, -0.15) is 4.72 Å². The molecular formula is C15H12N2O4S. The Morgan fingerprint density at radius 1 is 0.818 bits per heavy atom. The summed E-state index contributed by atoms with van der Waals surface area (Å²) >= 11 is 0. The van der Waals surface area contributed by atoms with E-state index in [-0.39, 0.29) is 16.0 Å². The average Bonchev–Trinajstić information content (AvgIpc) is 2.78. The number of imide groups is 1. The molecule has 112 valence electrons. The number of benzene rings is 2. The molecule has 2 amide bonds. The third-order valence-electron chi connectivity index (χ3n) is 3.34. The van der Waals surface area contributed by atoms with E-state index >= 15 is 0 Å². The van der Waals surface area contributed by atoms with Gasteiger partial charge in [0, 0.05) is 0 Å². The summed E-state index contributed by atoms with van der Waals surface area (Å²) in [5.41, 5.74) is 0.567. The summed E-state index contributed by atoms with van der Waals surface area (Å²) in [5.74, 6) is -1.01. The van der Waals surface area contributed by atoms with E-state index in [1.54, 1.807) is 42.5 Å². The third kappa shape index (κ3) is 2.40. The fourth-order valence-corrected chi connectivity index (χ4v) is 3.20. The zero-order valence-corrected chi connectivity index (χ0v) is 12.2. The van der Waals surface area contributed by atoms with Crippen LogP contribution in [0.25, 0.3) is 0 Å². The van der Waals surface area contributed by atoms with Gasteiger partial charge in [0.25, 0.3) is 11.8 Å². The first-order valence-corrected chi connectivity index (χ1v) is 7.99. The summed E-state index contributed by atoms with van der Waals surface area (Å²) in [7, 11) is -3.78. The third-order valence-corrected chi connectivity index (χ3v) is 4.75. The van der Waals surface area contributed by atoms with E-state index in [0.29, 0.717) is 0 Å². The van der Waals surface area contributed by atoms with Gasteiger partial charge >= 0.3 is 0 Å². The van der Waals surface area contributed by atoms with Gasteiger partial charge in [0.05, 0.1) is 22.7 Å². The van der Waals surface area contributed by atoms with Crippen molar-refractivity contribution < 1.29 is 18.0 Å². The van der Waals surface area contributed by atoms with Crippen molar-refractivity contribution in [2.75, 3.05) is 6.67 Å². The zero-order valence-electron chi connectivity index (χ0n) is 11.4. The second kappa shape index (κ2) is 5.36. The van der Waals surface area contributed by atoms with E-state index in [9.17, 15) is 18.0 Å². The molecule has 1 N–H and O–H groups in total. The molecule has 1 aliphatic heterocycles. The molecule has 22 heavy (non-hydrogen) atoms. The van der Waals surface area contributed by atoms with Crippen LogP contribution in [0.1, 0.15) is 20.7 Å². The minimum absolute atomic E-state index is 0.0756. The molecule has 0 radical (unpaired) electrons. The summed E-state index contributed by atoms with van der Waals surface area (Å²) in [6.07, 6.45) is 0. The number of fused-ring (bicyclic) bond motifs is 1. The molecule has 3 rings (SSSR count). The SMILES string of the molecule is O=C1c2ccccc2C(=O)N1CNS(=O)(=O)c1ccccc1. The number of carbonyl (C=O) groups excluding carboxylic acids is 2. The average molecular weight is 316 g/mol. The lowest BCUT2D eigenvalue weighted by atomic mass is 10.1. The number of nitrogens with one attached hydrogen (secondary N) is 1. The molecule has 0 unspecified atom stereocenters. The minimum Gasteiger partial charge on any atom is -0.269 e. The predicted octanol–water partition coefficient (Wildman–Crippen LogP) is 1.22. The Morgan fingerprint density at radius 3 is 1.86 bits per heavy atom. The highest BCUT2D eigenvalue weighted by Gasteiger charge is 2.35. The molecule has 0 bridgehead atoms. The van der Waals surface area contributed by atoms with Crippen molar-refractivity contribution in [2.24, 2.45) is 0 Å². The summed E-state index contributed by atoms with van der Waals surface area (Å²) in [6.45, 7) is -0.399. The van der Waals surface area contributed by atoms with E-state index in [1.807, 2.05) is 0 Å². The van der Waals surface area contributed by atoms with Crippen LogP contribution in [0.3, 0.4) is 0 Å². The van der Waals surface area contributed by atoms with Crippen molar-refractivity contribution in [3.05, 3.63) is 65.7 Å². The normalized spacial score (nSPS) is 14.3.